The molecule has 0 bridgehead atoms. The summed E-state index contributed by atoms with van der Waals surface area (Å²) in [5.74, 6) is -1.94. The van der Waals surface area contributed by atoms with Gasteiger partial charge in [-0.05, 0) is 42.0 Å². The third kappa shape index (κ3) is 4.05. The van der Waals surface area contributed by atoms with Crippen LogP contribution in [0.15, 0.2) is 47.0 Å². The second-order valence-corrected chi connectivity index (χ2v) is 6.95. The minimum atomic E-state index is -4.55. The average Bonchev–Trinajstić information content (AvgIpc) is 3.32. The Morgan fingerprint density at radius 2 is 1.87 bits per heavy atom. The van der Waals surface area contributed by atoms with Crippen molar-refractivity contribution in [2.24, 2.45) is 0 Å². The Hall–Kier alpha value is -3.55. The molecule has 1 unspecified atom stereocenters. The van der Waals surface area contributed by atoms with Crippen LogP contribution in [-0.4, -0.2) is 22.9 Å². The van der Waals surface area contributed by atoms with Crippen LogP contribution in [0, 0.1) is 11.3 Å². The van der Waals surface area contributed by atoms with Crippen LogP contribution < -0.4 is 4.90 Å². The molecule has 2 aromatic carbocycles. The lowest BCUT2D eigenvalue weighted by Crippen LogP contribution is -2.28. The molecule has 0 saturated carbocycles. The van der Waals surface area contributed by atoms with E-state index in [2.05, 4.69) is 10.1 Å². The number of nitrogens with zero attached hydrogens (tertiary/aromatic N) is 4. The first kappa shape index (κ1) is 20.7. The quantitative estimate of drug-likeness (QED) is 0.520. The van der Waals surface area contributed by atoms with Gasteiger partial charge in [0.05, 0.1) is 29.7 Å². The van der Waals surface area contributed by atoms with Gasteiger partial charge in [0, 0.05) is 17.8 Å². The SMILES string of the molecule is N#Cc1ccc2c(c1)C(C(F)(F)F)CN2Cc1noc(-c2cccc(C(F)(F)F)c2)n1. The van der Waals surface area contributed by atoms with Crippen LogP contribution in [0.3, 0.4) is 0 Å². The number of rotatable bonds is 3. The van der Waals surface area contributed by atoms with Crippen LogP contribution in [-0.2, 0) is 12.7 Å². The van der Waals surface area contributed by atoms with E-state index in [1.165, 1.54) is 35.2 Å². The molecule has 1 aromatic heterocycles. The van der Waals surface area contributed by atoms with Crippen LogP contribution in [0.5, 0.6) is 0 Å². The zero-order chi connectivity index (χ0) is 22.4. The summed E-state index contributed by atoms with van der Waals surface area (Å²) >= 11 is 0. The fourth-order valence-electron chi connectivity index (χ4n) is 3.47. The summed E-state index contributed by atoms with van der Waals surface area (Å²) < 4.78 is 84.2. The van der Waals surface area contributed by atoms with Gasteiger partial charge in [-0.3, -0.25) is 0 Å². The van der Waals surface area contributed by atoms with Gasteiger partial charge in [0.1, 0.15) is 0 Å². The summed E-state index contributed by atoms with van der Waals surface area (Å²) in [5, 5.41) is 12.7. The molecule has 0 aliphatic carbocycles. The second kappa shape index (κ2) is 7.30. The van der Waals surface area contributed by atoms with Gasteiger partial charge < -0.3 is 9.42 Å². The molecular formula is C20H12F6N4O. The first-order valence-electron chi connectivity index (χ1n) is 8.92. The van der Waals surface area contributed by atoms with Crippen molar-refractivity contribution >= 4 is 5.69 Å². The summed E-state index contributed by atoms with van der Waals surface area (Å²) in [5.41, 5.74) is -0.470. The van der Waals surface area contributed by atoms with Crippen molar-refractivity contribution in [2.75, 3.05) is 11.4 Å². The molecule has 0 amide bonds. The number of alkyl halides is 6. The van der Waals surface area contributed by atoms with Crippen molar-refractivity contribution in [1.82, 2.24) is 10.1 Å². The van der Waals surface area contributed by atoms with Crippen molar-refractivity contribution in [2.45, 2.75) is 24.8 Å². The van der Waals surface area contributed by atoms with Gasteiger partial charge in [0.2, 0.25) is 0 Å². The van der Waals surface area contributed by atoms with Crippen LogP contribution in [0.25, 0.3) is 11.5 Å². The van der Waals surface area contributed by atoms with Crippen LogP contribution in [0.1, 0.15) is 28.4 Å². The zero-order valence-corrected chi connectivity index (χ0v) is 15.5. The molecule has 1 aliphatic heterocycles. The number of fused-ring (bicyclic) bond motifs is 1. The Morgan fingerprint density at radius 1 is 1.10 bits per heavy atom. The van der Waals surface area contributed by atoms with Crippen molar-refractivity contribution < 1.29 is 30.9 Å². The molecule has 3 aromatic rings. The zero-order valence-electron chi connectivity index (χ0n) is 15.5. The van der Waals surface area contributed by atoms with Crippen molar-refractivity contribution in [3.05, 3.63) is 65.0 Å². The maximum atomic E-state index is 13.5. The lowest BCUT2D eigenvalue weighted by molar-refractivity contribution is -0.146. The third-order valence-electron chi connectivity index (χ3n) is 4.91. The Morgan fingerprint density at radius 3 is 2.55 bits per heavy atom. The first-order chi connectivity index (χ1) is 14.6. The largest absolute Gasteiger partial charge is 0.416 e. The highest BCUT2D eigenvalue weighted by atomic mass is 19.4. The minimum absolute atomic E-state index is 0.0190. The molecule has 4 rings (SSSR count). The molecule has 160 valence electrons. The van der Waals surface area contributed by atoms with Crippen molar-refractivity contribution in [3.8, 4) is 17.5 Å². The highest BCUT2D eigenvalue weighted by Crippen LogP contribution is 2.46. The Bertz CT molecular complexity index is 1160. The Labute approximate surface area is 171 Å². The van der Waals surface area contributed by atoms with Gasteiger partial charge in [-0.15, -0.1) is 0 Å². The number of benzene rings is 2. The number of hydrogen-bond donors (Lipinski definition) is 0. The molecule has 5 nitrogen and oxygen atoms in total. The normalized spacial score (nSPS) is 16.3. The summed E-state index contributed by atoms with van der Waals surface area (Å²) in [6, 6.07) is 10.2. The van der Waals surface area contributed by atoms with Crippen molar-refractivity contribution in [1.29, 1.82) is 5.26 Å². The molecule has 1 aliphatic rings. The van der Waals surface area contributed by atoms with Gasteiger partial charge >= 0.3 is 12.4 Å². The summed E-state index contributed by atoms with van der Waals surface area (Å²) in [6.45, 7) is -0.547. The minimum Gasteiger partial charge on any atom is -0.363 e. The molecule has 0 saturated heterocycles. The fourth-order valence-corrected chi connectivity index (χ4v) is 3.47. The van der Waals surface area contributed by atoms with E-state index in [1.54, 1.807) is 0 Å². The standard InChI is InChI=1S/C20H12F6N4O/c21-19(22,23)13-3-1-2-12(7-13)18-28-17(29-31-18)10-30-9-15(20(24,25)26)14-6-11(8-27)4-5-16(14)30/h1-7,15H,9-10H2. The van der Waals surface area contributed by atoms with E-state index in [1.807, 2.05) is 6.07 Å². The smallest absolute Gasteiger partial charge is 0.363 e. The molecule has 2 heterocycles. The van der Waals surface area contributed by atoms with E-state index in [0.717, 1.165) is 12.1 Å². The van der Waals surface area contributed by atoms with Crippen LogP contribution >= 0.6 is 0 Å². The number of halogens is 6. The molecule has 31 heavy (non-hydrogen) atoms. The lowest BCUT2D eigenvalue weighted by Gasteiger charge is -2.18. The first-order valence-corrected chi connectivity index (χ1v) is 8.92. The van der Waals surface area contributed by atoms with Gasteiger partial charge in [-0.2, -0.15) is 36.6 Å². The van der Waals surface area contributed by atoms with Crippen LogP contribution in [0.4, 0.5) is 32.0 Å². The predicted molar refractivity (Wildman–Crippen MR) is 95.7 cm³/mol. The number of nitriles is 1. The van der Waals surface area contributed by atoms with E-state index in [0.29, 0.717) is 0 Å². The molecule has 11 heteroatoms. The fraction of sp³-hybridized carbons (Fsp3) is 0.250. The van der Waals surface area contributed by atoms with E-state index in [9.17, 15) is 26.3 Å². The molecule has 1 atom stereocenters. The predicted octanol–water partition coefficient (Wildman–Crippen LogP) is 5.29. The number of anilines is 1. The Kier molecular flexibility index (Phi) is 4.88. The van der Waals surface area contributed by atoms with E-state index in [-0.39, 0.29) is 40.6 Å². The number of hydrogen-bond acceptors (Lipinski definition) is 5. The summed E-state index contributed by atoms with van der Waals surface area (Å²) in [6.07, 6.45) is -9.06. The van der Waals surface area contributed by atoms with Crippen LogP contribution in [0.2, 0.25) is 0 Å². The van der Waals surface area contributed by atoms with Crippen molar-refractivity contribution in [3.63, 3.8) is 0 Å². The lowest BCUT2D eigenvalue weighted by atomic mass is 9.99. The van der Waals surface area contributed by atoms with Gasteiger partial charge in [-0.1, -0.05) is 11.2 Å². The maximum absolute atomic E-state index is 13.5. The topological polar surface area (TPSA) is 66.0 Å². The van der Waals surface area contributed by atoms with E-state index >= 15 is 0 Å². The van der Waals surface area contributed by atoms with E-state index in [4.69, 9.17) is 9.78 Å². The summed E-state index contributed by atoms with van der Waals surface area (Å²) in [4.78, 5) is 5.44. The monoisotopic (exact) mass is 438 g/mol. The van der Waals surface area contributed by atoms with Gasteiger partial charge in [-0.25, -0.2) is 0 Å². The summed E-state index contributed by atoms with van der Waals surface area (Å²) in [7, 11) is 0. The second-order valence-electron chi connectivity index (χ2n) is 6.95. The van der Waals surface area contributed by atoms with E-state index < -0.39 is 30.4 Å². The molecule has 0 radical (unpaired) electrons. The molecule has 0 spiro atoms. The average molecular weight is 438 g/mol. The Balaban J connectivity index is 1.61. The maximum Gasteiger partial charge on any atom is 0.416 e. The van der Waals surface area contributed by atoms with Gasteiger partial charge in [0.25, 0.3) is 5.89 Å². The highest BCUT2D eigenvalue weighted by molar-refractivity contribution is 5.63. The highest BCUT2D eigenvalue weighted by Gasteiger charge is 2.47. The molecule has 0 fully saturated rings. The number of aromatic nitrogens is 2. The third-order valence-corrected chi connectivity index (χ3v) is 4.91. The molecule has 0 N–H and O–H groups in total. The van der Waals surface area contributed by atoms with Gasteiger partial charge in [0.15, 0.2) is 5.82 Å². The molecular weight excluding hydrogens is 426 g/mol.